The molecule has 1 amide bonds. The van der Waals surface area contributed by atoms with Gasteiger partial charge in [-0.3, -0.25) is 4.79 Å². The number of hydrogen-bond donors (Lipinski definition) is 0. The van der Waals surface area contributed by atoms with Crippen LogP contribution in [0.5, 0.6) is 0 Å². The van der Waals surface area contributed by atoms with E-state index in [2.05, 4.69) is 0 Å². The zero-order valence-corrected chi connectivity index (χ0v) is 9.83. The summed E-state index contributed by atoms with van der Waals surface area (Å²) in [4.78, 5) is 13.1. The van der Waals surface area contributed by atoms with Crippen LogP contribution in [0.2, 0.25) is 0 Å². The van der Waals surface area contributed by atoms with Gasteiger partial charge < -0.3 is 4.90 Å². The number of benzene rings is 1. The van der Waals surface area contributed by atoms with E-state index in [4.69, 9.17) is 0 Å². The smallest absolute Gasteiger partial charge is 0.223 e. The molecule has 86 valence electrons. The summed E-state index contributed by atoms with van der Waals surface area (Å²) in [5.74, 6) is -0.258. The van der Waals surface area contributed by atoms with Crippen LogP contribution in [0.4, 0.5) is 10.1 Å². The van der Waals surface area contributed by atoms with E-state index < -0.39 is 5.67 Å². The average molecular weight is 221 g/mol. The molecule has 0 radical (unpaired) electrons. The molecule has 0 fully saturated rings. The molecule has 1 heterocycles. The Bertz CT molecular complexity index is 422. The number of amides is 1. The van der Waals surface area contributed by atoms with Gasteiger partial charge in [-0.25, -0.2) is 4.39 Å². The summed E-state index contributed by atoms with van der Waals surface area (Å²) in [5, 5.41) is 0. The molecule has 1 aliphatic heterocycles. The van der Waals surface area contributed by atoms with Crippen LogP contribution in [0.15, 0.2) is 24.3 Å². The zero-order chi connectivity index (χ0) is 11.9. The standard InChI is InChI=1S/C13H16FNO/c1-9(16)15-8-11(13(2,3)14)10-6-4-5-7-12(10)15/h4-7,11H,8H2,1-3H3. The quantitative estimate of drug-likeness (QED) is 0.714. The Hall–Kier alpha value is -1.38. The molecule has 0 aliphatic carbocycles. The second-order valence-electron chi connectivity index (χ2n) is 4.81. The third kappa shape index (κ3) is 1.70. The van der Waals surface area contributed by atoms with Crippen molar-refractivity contribution in [2.45, 2.75) is 32.4 Å². The number of carbonyl (C=O) groups is 1. The van der Waals surface area contributed by atoms with E-state index in [0.717, 1.165) is 11.3 Å². The third-order valence-electron chi connectivity index (χ3n) is 3.18. The first-order chi connectivity index (χ1) is 7.41. The number of nitrogens with zero attached hydrogens (tertiary/aromatic N) is 1. The van der Waals surface area contributed by atoms with Gasteiger partial charge in [0.1, 0.15) is 5.67 Å². The summed E-state index contributed by atoms with van der Waals surface area (Å²) in [5.41, 5.74) is 0.483. The molecule has 2 nitrogen and oxygen atoms in total. The van der Waals surface area contributed by atoms with Crippen LogP contribution in [-0.2, 0) is 4.79 Å². The van der Waals surface area contributed by atoms with Crippen molar-refractivity contribution < 1.29 is 9.18 Å². The van der Waals surface area contributed by atoms with E-state index in [9.17, 15) is 9.18 Å². The fraction of sp³-hybridized carbons (Fsp3) is 0.462. The van der Waals surface area contributed by atoms with Gasteiger partial charge in [-0.05, 0) is 25.5 Å². The zero-order valence-electron chi connectivity index (χ0n) is 9.83. The summed E-state index contributed by atoms with van der Waals surface area (Å²) in [6, 6.07) is 7.55. The molecule has 0 N–H and O–H groups in total. The Labute approximate surface area is 95.1 Å². The number of rotatable bonds is 1. The van der Waals surface area contributed by atoms with Gasteiger partial charge in [-0.1, -0.05) is 18.2 Å². The predicted octanol–water partition coefficient (Wildman–Crippen LogP) is 2.88. The van der Waals surface area contributed by atoms with Crippen LogP contribution >= 0.6 is 0 Å². The molecule has 0 saturated carbocycles. The lowest BCUT2D eigenvalue weighted by atomic mass is 9.88. The minimum Gasteiger partial charge on any atom is -0.312 e. The summed E-state index contributed by atoms with van der Waals surface area (Å²) < 4.78 is 14.1. The maximum absolute atomic E-state index is 14.1. The number of alkyl halides is 1. The van der Waals surface area contributed by atoms with Gasteiger partial charge >= 0.3 is 0 Å². The molecule has 0 aromatic heterocycles. The molecular formula is C13H16FNO. The Morgan fingerprint density at radius 2 is 2.06 bits per heavy atom. The number of halogens is 1. The van der Waals surface area contributed by atoms with Crippen LogP contribution in [0, 0.1) is 0 Å². The topological polar surface area (TPSA) is 20.3 Å². The van der Waals surface area contributed by atoms with Gasteiger partial charge in [-0.15, -0.1) is 0 Å². The third-order valence-corrected chi connectivity index (χ3v) is 3.18. The average Bonchev–Trinajstić information content (AvgIpc) is 2.56. The largest absolute Gasteiger partial charge is 0.312 e. The van der Waals surface area contributed by atoms with E-state index in [-0.39, 0.29) is 11.8 Å². The van der Waals surface area contributed by atoms with Crippen molar-refractivity contribution in [1.82, 2.24) is 0 Å². The van der Waals surface area contributed by atoms with Crippen molar-refractivity contribution in [2.24, 2.45) is 0 Å². The Morgan fingerprint density at radius 1 is 1.44 bits per heavy atom. The first-order valence-corrected chi connectivity index (χ1v) is 5.47. The van der Waals surface area contributed by atoms with E-state index in [0.29, 0.717) is 6.54 Å². The molecule has 1 aliphatic rings. The highest BCUT2D eigenvalue weighted by molar-refractivity contribution is 5.94. The fourth-order valence-electron chi connectivity index (χ4n) is 2.29. The lowest BCUT2D eigenvalue weighted by Gasteiger charge is -2.23. The lowest BCUT2D eigenvalue weighted by Crippen LogP contribution is -2.32. The Balaban J connectivity index is 2.47. The highest BCUT2D eigenvalue weighted by atomic mass is 19.1. The van der Waals surface area contributed by atoms with Crippen LogP contribution in [0.1, 0.15) is 32.3 Å². The van der Waals surface area contributed by atoms with Gasteiger partial charge in [0.15, 0.2) is 0 Å². The Kier molecular flexibility index (Phi) is 2.49. The molecular weight excluding hydrogens is 205 g/mol. The molecule has 1 atom stereocenters. The van der Waals surface area contributed by atoms with Crippen molar-refractivity contribution in [2.75, 3.05) is 11.4 Å². The van der Waals surface area contributed by atoms with Crippen molar-refractivity contribution in [1.29, 1.82) is 0 Å². The van der Waals surface area contributed by atoms with Crippen molar-refractivity contribution in [3.63, 3.8) is 0 Å². The van der Waals surface area contributed by atoms with Crippen LogP contribution in [-0.4, -0.2) is 18.1 Å². The number of carbonyl (C=O) groups excluding carboxylic acids is 1. The van der Waals surface area contributed by atoms with E-state index in [1.54, 1.807) is 18.7 Å². The summed E-state index contributed by atoms with van der Waals surface area (Å²) >= 11 is 0. The number of hydrogen-bond acceptors (Lipinski definition) is 1. The van der Waals surface area contributed by atoms with Crippen LogP contribution in [0.25, 0.3) is 0 Å². The molecule has 3 heteroatoms. The van der Waals surface area contributed by atoms with Crippen molar-refractivity contribution >= 4 is 11.6 Å². The maximum Gasteiger partial charge on any atom is 0.223 e. The van der Waals surface area contributed by atoms with Crippen LogP contribution in [0.3, 0.4) is 0 Å². The highest BCUT2D eigenvalue weighted by Gasteiger charge is 2.40. The SMILES string of the molecule is CC(=O)N1CC(C(C)(C)F)c2ccccc21. The fourth-order valence-corrected chi connectivity index (χ4v) is 2.29. The van der Waals surface area contributed by atoms with Crippen molar-refractivity contribution in [3.05, 3.63) is 29.8 Å². The van der Waals surface area contributed by atoms with Crippen LogP contribution < -0.4 is 4.90 Å². The molecule has 0 spiro atoms. The van der Waals surface area contributed by atoms with Gasteiger partial charge in [0.25, 0.3) is 0 Å². The normalized spacial score (nSPS) is 19.8. The lowest BCUT2D eigenvalue weighted by molar-refractivity contribution is -0.116. The molecule has 1 unspecified atom stereocenters. The van der Waals surface area contributed by atoms with E-state index in [1.165, 1.54) is 6.92 Å². The van der Waals surface area contributed by atoms with E-state index >= 15 is 0 Å². The highest BCUT2D eigenvalue weighted by Crippen LogP contribution is 2.43. The van der Waals surface area contributed by atoms with E-state index in [1.807, 2.05) is 24.3 Å². The monoisotopic (exact) mass is 221 g/mol. The molecule has 0 saturated heterocycles. The second-order valence-corrected chi connectivity index (χ2v) is 4.81. The first kappa shape index (κ1) is 11.1. The van der Waals surface area contributed by atoms with Gasteiger partial charge in [-0.2, -0.15) is 0 Å². The minimum absolute atomic E-state index is 0.0285. The molecule has 16 heavy (non-hydrogen) atoms. The van der Waals surface area contributed by atoms with Gasteiger partial charge in [0, 0.05) is 25.1 Å². The summed E-state index contributed by atoms with van der Waals surface area (Å²) in [6.45, 7) is 5.10. The molecule has 0 bridgehead atoms. The summed E-state index contributed by atoms with van der Waals surface area (Å²) in [7, 11) is 0. The minimum atomic E-state index is -1.31. The predicted molar refractivity (Wildman–Crippen MR) is 62.4 cm³/mol. The van der Waals surface area contributed by atoms with Crippen molar-refractivity contribution in [3.8, 4) is 0 Å². The van der Waals surface area contributed by atoms with Gasteiger partial charge in [0.05, 0.1) is 0 Å². The number of fused-ring (bicyclic) bond motifs is 1. The molecule has 1 aromatic carbocycles. The molecule has 1 aromatic rings. The summed E-state index contributed by atoms with van der Waals surface area (Å²) in [6.07, 6.45) is 0. The molecule has 2 rings (SSSR count). The second kappa shape index (κ2) is 3.58. The van der Waals surface area contributed by atoms with Gasteiger partial charge in [0.2, 0.25) is 5.91 Å². The Morgan fingerprint density at radius 3 is 2.62 bits per heavy atom. The maximum atomic E-state index is 14.1. The number of para-hydroxylation sites is 1. The number of anilines is 1. The first-order valence-electron chi connectivity index (χ1n) is 5.47.